The van der Waals surface area contributed by atoms with Crippen molar-refractivity contribution in [1.29, 1.82) is 0 Å². The zero-order valence-electron chi connectivity index (χ0n) is 6.11. The summed E-state index contributed by atoms with van der Waals surface area (Å²) >= 11 is 1.62. The van der Waals surface area contributed by atoms with Crippen molar-refractivity contribution in [1.82, 2.24) is 10.1 Å². The number of nitrogens with zero attached hydrogens (tertiary/aromatic N) is 1. The van der Waals surface area contributed by atoms with Gasteiger partial charge in [-0.05, 0) is 11.4 Å². The maximum Gasteiger partial charge on any atom is 0.438 e. The van der Waals surface area contributed by atoms with Gasteiger partial charge in [-0.3, -0.25) is 9.51 Å². The maximum absolute atomic E-state index is 10.5. The smallest absolute Gasteiger partial charge is 0.296 e. The first-order chi connectivity index (χ1) is 5.84. The van der Waals surface area contributed by atoms with Gasteiger partial charge in [0.1, 0.15) is 0 Å². The van der Waals surface area contributed by atoms with Gasteiger partial charge in [0.2, 0.25) is 0 Å². The van der Waals surface area contributed by atoms with Crippen molar-refractivity contribution in [3.8, 4) is 0 Å². The highest BCUT2D eigenvalue weighted by Gasteiger charge is 2.01. The summed E-state index contributed by atoms with van der Waals surface area (Å²) < 4.78 is 4.36. The van der Waals surface area contributed by atoms with Gasteiger partial charge in [-0.25, -0.2) is 4.79 Å². The number of nitrogens with one attached hydrogen (secondary N) is 1. The van der Waals surface area contributed by atoms with E-state index in [1.165, 1.54) is 0 Å². The van der Waals surface area contributed by atoms with E-state index < -0.39 is 5.76 Å². The van der Waals surface area contributed by atoms with Gasteiger partial charge in [0.05, 0.1) is 0 Å². The van der Waals surface area contributed by atoms with Crippen LogP contribution in [0.3, 0.4) is 0 Å². The molecular weight excluding hydrogens is 176 g/mol. The first-order valence-electron chi connectivity index (χ1n) is 3.42. The van der Waals surface area contributed by atoms with Crippen LogP contribution in [-0.2, 0) is 6.42 Å². The molecule has 2 aromatic rings. The number of rotatable bonds is 2. The predicted molar refractivity (Wildman–Crippen MR) is 44.2 cm³/mol. The molecule has 2 heterocycles. The lowest BCUT2D eigenvalue weighted by Crippen LogP contribution is -1.96. The van der Waals surface area contributed by atoms with E-state index in [2.05, 4.69) is 14.7 Å². The Hall–Kier alpha value is -1.36. The molecule has 4 nitrogen and oxygen atoms in total. The van der Waals surface area contributed by atoms with Crippen LogP contribution in [0.2, 0.25) is 0 Å². The zero-order valence-corrected chi connectivity index (χ0v) is 6.93. The first kappa shape index (κ1) is 7.30. The quantitative estimate of drug-likeness (QED) is 0.754. The van der Waals surface area contributed by atoms with Gasteiger partial charge in [-0.1, -0.05) is 11.2 Å². The van der Waals surface area contributed by atoms with Gasteiger partial charge in [0.25, 0.3) is 0 Å². The molecule has 0 atom stereocenters. The molecule has 1 N–H and O–H groups in total. The monoisotopic (exact) mass is 182 g/mol. The highest BCUT2D eigenvalue weighted by molar-refractivity contribution is 7.09. The van der Waals surface area contributed by atoms with Crippen molar-refractivity contribution in [2.45, 2.75) is 6.42 Å². The van der Waals surface area contributed by atoms with E-state index in [9.17, 15) is 4.79 Å². The minimum Gasteiger partial charge on any atom is -0.296 e. The minimum atomic E-state index is -0.499. The largest absolute Gasteiger partial charge is 0.438 e. The van der Waals surface area contributed by atoms with Gasteiger partial charge >= 0.3 is 5.76 Å². The Morgan fingerprint density at radius 3 is 3.17 bits per heavy atom. The van der Waals surface area contributed by atoms with Crippen molar-refractivity contribution in [2.75, 3.05) is 0 Å². The van der Waals surface area contributed by atoms with Crippen molar-refractivity contribution >= 4 is 11.3 Å². The third kappa shape index (κ3) is 1.45. The van der Waals surface area contributed by atoms with Crippen LogP contribution < -0.4 is 5.76 Å². The molecule has 2 aromatic heterocycles. The fourth-order valence-corrected chi connectivity index (χ4v) is 1.62. The van der Waals surface area contributed by atoms with E-state index in [4.69, 9.17) is 0 Å². The second kappa shape index (κ2) is 2.94. The second-order valence-corrected chi connectivity index (χ2v) is 3.33. The number of thiophene rings is 1. The molecule has 0 aliphatic carbocycles. The van der Waals surface area contributed by atoms with Crippen LogP contribution in [0.25, 0.3) is 0 Å². The molecule has 0 aromatic carbocycles. The standard InChI is InChI=1S/C7H6N2O2S/c10-7-8-6(9-11-7)4-5-2-1-3-12-5/h1-3H,4H2,(H,8,9,10). The molecule has 12 heavy (non-hydrogen) atoms. The van der Waals surface area contributed by atoms with Crippen molar-refractivity contribution in [3.05, 3.63) is 38.8 Å². The molecule has 0 radical (unpaired) electrons. The van der Waals surface area contributed by atoms with Gasteiger partial charge in [-0.15, -0.1) is 11.3 Å². The summed E-state index contributed by atoms with van der Waals surface area (Å²) in [7, 11) is 0. The van der Waals surface area contributed by atoms with Crippen molar-refractivity contribution in [3.63, 3.8) is 0 Å². The molecule has 0 spiro atoms. The summed E-state index contributed by atoms with van der Waals surface area (Å²) in [4.78, 5) is 14.2. The lowest BCUT2D eigenvalue weighted by atomic mass is 10.3. The summed E-state index contributed by atoms with van der Waals surface area (Å²) in [6, 6.07) is 3.94. The average Bonchev–Trinajstić information content (AvgIpc) is 2.63. The number of aromatic amines is 1. The van der Waals surface area contributed by atoms with E-state index >= 15 is 0 Å². The Kier molecular flexibility index (Phi) is 1.79. The third-order valence-corrected chi connectivity index (χ3v) is 2.28. The third-order valence-electron chi connectivity index (χ3n) is 1.41. The molecule has 0 fully saturated rings. The molecule has 0 saturated carbocycles. The zero-order chi connectivity index (χ0) is 8.39. The Labute approximate surface area is 71.8 Å². The van der Waals surface area contributed by atoms with Crippen LogP contribution in [0.4, 0.5) is 0 Å². The number of H-pyrrole nitrogens is 1. The van der Waals surface area contributed by atoms with E-state index in [0.29, 0.717) is 12.2 Å². The molecule has 0 saturated heterocycles. The molecule has 0 aliphatic rings. The Morgan fingerprint density at radius 2 is 2.58 bits per heavy atom. The Balaban J connectivity index is 2.19. The Morgan fingerprint density at radius 1 is 1.67 bits per heavy atom. The van der Waals surface area contributed by atoms with E-state index in [1.54, 1.807) is 11.3 Å². The molecule has 0 bridgehead atoms. The Bertz CT molecular complexity index is 401. The highest BCUT2D eigenvalue weighted by Crippen LogP contribution is 2.11. The molecule has 0 amide bonds. The number of hydrogen-bond acceptors (Lipinski definition) is 4. The molecule has 2 rings (SSSR count). The van der Waals surface area contributed by atoms with Gasteiger partial charge < -0.3 is 0 Å². The van der Waals surface area contributed by atoms with Crippen LogP contribution in [0, 0.1) is 0 Å². The van der Waals surface area contributed by atoms with E-state index in [-0.39, 0.29) is 0 Å². The molecular formula is C7H6N2O2S. The molecule has 0 aliphatic heterocycles. The highest BCUT2D eigenvalue weighted by atomic mass is 32.1. The summed E-state index contributed by atoms with van der Waals surface area (Å²) in [5, 5.41) is 5.53. The van der Waals surface area contributed by atoms with Crippen LogP contribution in [0.15, 0.2) is 26.8 Å². The maximum atomic E-state index is 10.5. The SMILES string of the molecule is O=c1[nH]c(Cc2cccs2)no1. The summed E-state index contributed by atoms with van der Waals surface area (Å²) in [5.41, 5.74) is 0. The lowest BCUT2D eigenvalue weighted by molar-refractivity contribution is 0.382. The van der Waals surface area contributed by atoms with Crippen LogP contribution in [0.1, 0.15) is 10.7 Å². The molecule has 0 unspecified atom stereocenters. The van der Waals surface area contributed by atoms with Crippen LogP contribution in [-0.4, -0.2) is 10.1 Å². The van der Waals surface area contributed by atoms with Gasteiger partial charge in [-0.2, -0.15) is 0 Å². The molecule has 5 heteroatoms. The fourth-order valence-electron chi connectivity index (χ4n) is 0.915. The minimum absolute atomic E-state index is 0.499. The summed E-state index contributed by atoms with van der Waals surface area (Å²) in [6.45, 7) is 0. The fraction of sp³-hybridized carbons (Fsp3) is 0.143. The predicted octanol–water partition coefficient (Wildman–Crippen LogP) is 1.02. The average molecular weight is 182 g/mol. The summed E-state index contributed by atoms with van der Waals surface area (Å²) in [5.74, 6) is 0.0732. The normalized spacial score (nSPS) is 10.3. The van der Waals surface area contributed by atoms with Crippen molar-refractivity contribution < 1.29 is 4.52 Å². The van der Waals surface area contributed by atoms with Crippen LogP contribution in [0.5, 0.6) is 0 Å². The van der Waals surface area contributed by atoms with Gasteiger partial charge in [0, 0.05) is 11.3 Å². The summed E-state index contributed by atoms with van der Waals surface area (Å²) in [6.07, 6.45) is 0.628. The second-order valence-electron chi connectivity index (χ2n) is 2.30. The van der Waals surface area contributed by atoms with Gasteiger partial charge in [0.15, 0.2) is 5.82 Å². The number of aromatic nitrogens is 2. The number of hydrogen-bond donors (Lipinski definition) is 1. The topological polar surface area (TPSA) is 58.9 Å². The van der Waals surface area contributed by atoms with Crippen molar-refractivity contribution in [2.24, 2.45) is 0 Å². The molecule has 62 valence electrons. The van der Waals surface area contributed by atoms with E-state index in [1.807, 2.05) is 17.5 Å². The van der Waals surface area contributed by atoms with E-state index in [0.717, 1.165) is 4.88 Å². The van der Waals surface area contributed by atoms with Crippen LogP contribution >= 0.6 is 11.3 Å². The lowest BCUT2D eigenvalue weighted by Gasteiger charge is -1.87. The first-order valence-corrected chi connectivity index (χ1v) is 4.30.